The number of rotatable bonds is 10. The molecular weight excluding hydrogens is 311 g/mol. The first-order valence-corrected chi connectivity index (χ1v) is 9.00. The van der Waals surface area contributed by atoms with Crippen LogP contribution >= 0.6 is 7.60 Å². The van der Waals surface area contributed by atoms with E-state index < -0.39 is 19.5 Å². The molecule has 0 heterocycles. The van der Waals surface area contributed by atoms with Crippen LogP contribution in [0.5, 0.6) is 0 Å². The Kier molecular flexibility index (Phi) is 9.98. The molecule has 22 heavy (non-hydrogen) atoms. The van der Waals surface area contributed by atoms with Crippen LogP contribution < -0.4 is 0 Å². The molecule has 0 aromatic rings. The number of ether oxygens (including phenoxy) is 2. The molecule has 0 atom stereocenters. The Bertz CT molecular complexity index is 426. The Morgan fingerprint density at radius 2 is 1.23 bits per heavy atom. The molecule has 0 spiro atoms. The molecule has 0 aliphatic carbocycles. The first-order valence-electron chi connectivity index (χ1n) is 7.27. The summed E-state index contributed by atoms with van der Waals surface area (Å²) in [5, 5.41) is 0. The normalized spacial score (nSPS) is 11.0. The maximum atomic E-state index is 12.5. The molecule has 8 heteroatoms. The lowest BCUT2D eigenvalue weighted by Crippen LogP contribution is -2.21. The second-order valence-electron chi connectivity index (χ2n) is 4.20. The number of hydrogen-bond donors (Lipinski definition) is 0. The molecule has 0 aliphatic heterocycles. The Morgan fingerprint density at radius 1 is 0.818 bits per heavy atom. The monoisotopic (exact) mass is 336 g/mol. The van der Waals surface area contributed by atoms with Crippen LogP contribution in [0.15, 0.2) is 11.1 Å². The average Bonchev–Trinajstić information content (AvgIpc) is 2.39. The van der Waals surface area contributed by atoms with Crippen LogP contribution in [0.1, 0.15) is 34.6 Å². The summed E-state index contributed by atoms with van der Waals surface area (Å²) in [6, 6.07) is 0. The van der Waals surface area contributed by atoms with E-state index in [1.54, 1.807) is 27.7 Å². The van der Waals surface area contributed by atoms with E-state index in [-0.39, 0.29) is 43.7 Å². The third-order valence-corrected chi connectivity index (χ3v) is 4.63. The van der Waals surface area contributed by atoms with E-state index >= 15 is 0 Å². The molecule has 0 aliphatic rings. The number of carbonyl (C=O) groups is 2. The second kappa shape index (κ2) is 10.5. The van der Waals surface area contributed by atoms with Gasteiger partial charge in [-0.3, -0.25) is 4.57 Å². The van der Waals surface area contributed by atoms with Gasteiger partial charge in [0.25, 0.3) is 0 Å². The molecule has 7 nitrogen and oxygen atoms in total. The first-order chi connectivity index (χ1) is 10.3. The molecule has 0 saturated carbocycles. The maximum absolute atomic E-state index is 12.5. The van der Waals surface area contributed by atoms with Crippen molar-refractivity contribution in [1.82, 2.24) is 0 Å². The zero-order valence-corrected chi connectivity index (χ0v) is 14.7. The summed E-state index contributed by atoms with van der Waals surface area (Å²) in [5.41, 5.74) is -0.00883. The standard InChI is InChI=1S/C14H25O7P/c1-6-18-13(15)12(14(16)19-7-2)11(5)10-22(17,20-8-3)21-9-4/h6-10H2,1-5H3. The molecule has 0 rings (SSSR count). The van der Waals surface area contributed by atoms with E-state index in [0.29, 0.717) is 0 Å². The highest BCUT2D eigenvalue weighted by Gasteiger charge is 2.30. The van der Waals surface area contributed by atoms with E-state index in [4.69, 9.17) is 18.5 Å². The molecular formula is C14H25O7P. The zero-order chi connectivity index (χ0) is 17.2. The van der Waals surface area contributed by atoms with Crippen molar-refractivity contribution in [3.8, 4) is 0 Å². The molecule has 0 unspecified atom stereocenters. The fourth-order valence-corrected chi connectivity index (χ4v) is 3.51. The van der Waals surface area contributed by atoms with Gasteiger partial charge in [0.2, 0.25) is 0 Å². The lowest BCUT2D eigenvalue weighted by Gasteiger charge is -2.18. The van der Waals surface area contributed by atoms with Crippen molar-refractivity contribution < 1.29 is 32.7 Å². The average molecular weight is 336 g/mol. The van der Waals surface area contributed by atoms with Crippen molar-refractivity contribution in [2.75, 3.05) is 32.6 Å². The minimum absolute atomic E-state index is 0.115. The van der Waals surface area contributed by atoms with Gasteiger partial charge >= 0.3 is 19.5 Å². The highest BCUT2D eigenvalue weighted by atomic mass is 31.2. The van der Waals surface area contributed by atoms with Crippen LogP contribution in [0.3, 0.4) is 0 Å². The Balaban J connectivity index is 5.52. The van der Waals surface area contributed by atoms with E-state index in [9.17, 15) is 14.2 Å². The summed E-state index contributed by atoms with van der Waals surface area (Å²) in [6.45, 7) is 8.74. The lowest BCUT2D eigenvalue weighted by atomic mass is 10.1. The first kappa shape index (κ1) is 20.8. The van der Waals surface area contributed by atoms with Crippen molar-refractivity contribution >= 4 is 19.5 Å². The van der Waals surface area contributed by atoms with Gasteiger partial charge in [-0.25, -0.2) is 9.59 Å². The number of hydrogen-bond acceptors (Lipinski definition) is 7. The van der Waals surface area contributed by atoms with Crippen LogP contribution in [-0.2, 0) is 32.7 Å². The summed E-state index contributed by atoms with van der Waals surface area (Å²) in [7, 11) is -3.42. The predicted octanol–water partition coefficient (Wildman–Crippen LogP) is 2.70. The van der Waals surface area contributed by atoms with Crippen LogP contribution in [-0.4, -0.2) is 44.5 Å². The summed E-state index contributed by atoms with van der Waals surface area (Å²) in [6.07, 6.45) is -0.179. The number of esters is 2. The molecule has 0 amide bonds. The topological polar surface area (TPSA) is 88.1 Å². The van der Waals surface area contributed by atoms with Crippen molar-refractivity contribution in [3.63, 3.8) is 0 Å². The molecule has 0 aromatic carbocycles. The van der Waals surface area contributed by atoms with E-state index in [1.165, 1.54) is 6.92 Å². The van der Waals surface area contributed by atoms with Gasteiger partial charge < -0.3 is 18.5 Å². The molecule has 0 radical (unpaired) electrons. The summed E-state index contributed by atoms with van der Waals surface area (Å²) < 4.78 is 32.6. The highest BCUT2D eigenvalue weighted by molar-refractivity contribution is 7.54. The third-order valence-electron chi connectivity index (χ3n) is 2.47. The Morgan fingerprint density at radius 3 is 1.55 bits per heavy atom. The SMILES string of the molecule is CCOC(=O)C(C(=O)OCC)=C(C)CP(=O)(OCC)OCC. The van der Waals surface area contributed by atoms with Crippen molar-refractivity contribution in [2.45, 2.75) is 34.6 Å². The molecule has 0 aromatic heterocycles. The predicted molar refractivity (Wildman–Crippen MR) is 81.7 cm³/mol. The third kappa shape index (κ3) is 6.73. The lowest BCUT2D eigenvalue weighted by molar-refractivity contribution is -0.146. The Labute approximate surface area is 131 Å². The summed E-state index contributed by atoms with van der Waals surface area (Å²) >= 11 is 0. The minimum atomic E-state index is -3.42. The van der Waals surface area contributed by atoms with Gasteiger partial charge in [0, 0.05) is 0 Å². The van der Waals surface area contributed by atoms with Gasteiger partial charge in [-0.05, 0) is 40.2 Å². The maximum Gasteiger partial charge on any atom is 0.345 e. The number of carbonyl (C=O) groups excluding carboxylic acids is 2. The van der Waals surface area contributed by atoms with Crippen LogP contribution in [0.25, 0.3) is 0 Å². The minimum Gasteiger partial charge on any atom is -0.462 e. The summed E-state index contributed by atoms with van der Waals surface area (Å²) in [5.74, 6) is -1.61. The molecule has 0 saturated heterocycles. The van der Waals surface area contributed by atoms with Gasteiger partial charge in [-0.2, -0.15) is 0 Å². The molecule has 128 valence electrons. The van der Waals surface area contributed by atoms with Gasteiger partial charge in [-0.1, -0.05) is 0 Å². The molecule has 0 N–H and O–H groups in total. The van der Waals surface area contributed by atoms with E-state index in [1.807, 2.05) is 0 Å². The van der Waals surface area contributed by atoms with E-state index in [0.717, 1.165) is 0 Å². The smallest absolute Gasteiger partial charge is 0.345 e. The fraction of sp³-hybridized carbons (Fsp3) is 0.714. The quantitative estimate of drug-likeness (QED) is 0.199. The van der Waals surface area contributed by atoms with Crippen molar-refractivity contribution in [1.29, 1.82) is 0 Å². The largest absolute Gasteiger partial charge is 0.462 e. The van der Waals surface area contributed by atoms with Gasteiger partial charge in [-0.15, -0.1) is 0 Å². The molecule has 0 fully saturated rings. The zero-order valence-electron chi connectivity index (χ0n) is 13.8. The van der Waals surface area contributed by atoms with E-state index in [2.05, 4.69) is 0 Å². The Hall–Kier alpha value is -1.17. The number of allylic oxidation sites excluding steroid dienone is 1. The van der Waals surface area contributed by atoms with Crippen LogP contribution in [0.2, 0.25) is 0 Å². The highest BCUT2D eigenvalue weighted by Crippen LogP contribution is 2.49. The molecule has 0 bridgehead atoms. The fourth-order valence-electron chi connectivity index (χ4n) is 1.73. The van der Waals surface area contributed by atoms with Crippen LogP contribution in [0.4, 0.5) is 0 Å². The second-order valence-corrected chi connectivity index (χ2v) is 6.26. The van der Waals surface area contributed by atoms with Gasteiger partial charge in [0.15, 0.2) is 0 Å². The van der Waals surface area contributed by atoms with Gasteiger partial charge in [0.05, 0.1) is 32.6 Å². The van der Waals surface area contributed by atoms with Crippen molar-refractivity contribution in [3.05, 3.63) is 11.1 Å². The summed E-state index contributed by atoms with van der Waals surface area (Å²) in [4.78, 5) is 23.9. The van der Waals surface area contributed by atoms with Crippen molar-refractivity contribution in [2.24, 2.45) is 0 Å². The van der Waals surface area contributed by atoms with Crippen LogP contribution in [0, 0.1) is 0 Å². The van der Waals surface area contributed by atoms with Gasteiger partial charge in [0.1, 0.15) is 5.57 Å².